The Hall–Kier alpha value is -6.26. The molecule has 2 aliphatic heterocycles. The van der Waals surface area contributed by atoms with Crippen LogP contribution in [0.25, 0.3) is 89.7 Å². The summed E-state index contributed by atoms with van der Waals surface area (Å²) in [5, 5.41) is 2.55. The largest absolute Gasteiger partial charge is 2.00 e. The molecule has 8 bridgehead atoms. The van der Waals surface area contributed by atoms with E-state index >= 15 is 0 Å². The Balaban J connectivity index is 0.00000711. The molecule has 20 nitrogen and oxygen atoms in total. The Morgan fingerprint density at radius 1 is 0.329 bits per heavy atom. The van der Waals surface area contributed by atoms with E-state index in [9.17, 15) is 0 Å². The van der Waals surface area contributed by atoms with Gasteiger partial charge in [0.15, 0.2) is 0 Å². The Morgan fingerprint density at radius 2 is 0.644 bits per heavy atom. The fourth-order valence-corrected chi connectivity index (χ4v) is 8.02. The average molecular weight is 1050 g/mol. The Morgan fingerprint density at radius 3 is 1.01 bits per heavy atom. The van der Waals surface area contributed by atoms with Crippen LogP contribution in [0, 0.1) is 0 Å². The van der Waals surface area contributed by atoms with Crippen molar-refractivity contribution in [3.8, 4) is 68.5 Å². The molecule has 0 amide bonds. The SMILES string of the molecule is COCCOCCOc1cccc2c1-c1nc-2nc2[n-]c(nc3nc(nc4[n-]c(n1)c1cccc(OCCOCCOC)c41)-c1cccc(OCCOCCOC)c1-3)c1cccc(OCCOCCOC)c21.[Zn+2]. The van der Waals surface area contributed by atoms with Gasteiger partial charge in [-0.3, -0.25) is 0 Å². The molecule has 0 N–H and O–H groups in total. The fraction of sp³-hybridized carbons (Fsp3) is 0.385. The third-order valence-electron chi connectivity index (χ3n) is 11.3. The van der Waals surface area contributed by atoms with Gasteiger partial charge < -0.3 is 86.7 Å². The number of benzene rings is 4. The minimum Gasteiger partial charge on any atom is -0.491 e. The first kappa shape index (κ1) is 53.0. The molecule has 9 rings (SSSR count). The van der Waals surface area contributed by atoms with E-state index in [0.717, 1.165) is 0 Å². The molecule has 0 spiro atoms. The molecule has 4 aromatic carbocycles. The monoisotopic (exact) mass is 1050 g/mol. The van der Waals surface area contributed by atoms with Crippen LogP contribution in [-0.2, 0) is 57.4 Å². The van der Waals surface area contributed by atoms with Crippen molar-refractivity contribution in [2.45, 2.75) is 0 Å². The second kappa shape index (κ2) is 26.6. The van der Waals surface area contributed by atoms with Crippen LogP contribution in [0.5, 0.6) is 23.0 Å². The summed E-state index contributed by atoms with van der Waals surface area (Å²) in [6, 6.07) is 22.7. The van der Waals surface area contributed by atoms with Gasteiger partial charge >= 0.3 is 19.5 Å². The van der Waals surface area contributed by atoms with Gasteiger partial charge in [-0.25, -0.2) is 9.97 Å². The molecule has 2 aliphatic rings. The van der Waals surface area contributed by atoms with Crippen LogP contribution in [0.3, 0.4) is 0 Å². The van der Waals surface area contributed by atoms with Gasteiger partial charge in [0, 0.05) is 72.9 Å². The van der Waals surface area contributed by atoms with E-state index in [-0.39, 0.29) is 45.9 Å². The van der Waals surface area contributed by atoms with Crippen molar-refractivity contribution in [2.75, 3.05) is 134 Å². The van der Waals surface area contributed by atoms with Crippen LogP contribution in [0.2, 0.25) is 0 Å². The number of fused-ring (bicyclic) bond motifs is 20. The molecule has 0 radical (unpaired) electrons. The van der Waals surface area contributed by atoms with Crippen molar-refractivity contribution in [3.63, 3.8) is 0 Å². The fourth-order valence-electron chi connectivity index (χ4n) is 8.02. The van der Waals surface area contributed by atoms with Crippen LogP contribution < -0.4 is 28.9 Å². The van der Waals surface area contributed by atoms with Gasteiger partial charge in [-0.1, -0.05) is 48.5 Å². The topological polar surface area (TPSA) is 216 Å². The first-order valence-electron chi connectivity index (χ1n) is 23.6. The Kier molecular flexibility index (Phi) is 19.3. The van der Waals surface area contributed by atoms with E-state index in [2.05, 4.69) is 0 Å². The molecule has 21 heteroatoms. The van der Waals surface area contributed by atoms with Crippen molar-refractivity contribution < 1.29 is 76.3 Å². The summed E-state index contributed by atoms with van der Waals surface area (Å²) in [5.41, 5.74) is 3.85. The van der Waals surface area contributed by atoms with Crippen molar-refractivity contribution in [3.05, 3.63) is 72.8 Å². The van der Waals surface area contributed by atoms with E-state index in [0.29, 0.717) is 192 Å². The number of nitrogens with zero attached hydrogens (tertiary/aromatic N) is 8. The maximum Gasteiger partial charge on any atom is 2.00 e. The quantitative estimate of drug-likeness (QED) is 0.0389. The predicted octanol–water partition coefficient (Wildman–Crippen LogP) is 6.29. The molecule has 0 saturated heterocycles. The van der Waals surface area contributed by atoms with Crippen molar-refractivity contribution in [2.24, 2.45) is 0 Å². The number of rotatable bonds is 28. The minimum atomic E-state index is 0. The average Bonchev–Trinajstić information content (AvgIpc) is 4.15. The van der Waals surface area contributed by atoms with Gasteiger partial charge in [-0.05, 0) is 35.0 Å². The molecule has 0 atom stereocenters. The zero-order valence-electron chi connectivity index (χ0n) is 41.4. The molecule has 73 heavy (non-hydrogen) atoms. The zero-order valence-corrected chi connectivity index (χ0v) is 44.4. The van der Waals surface area contributed by atoms with Crippen LogP contribution in [0.1, 0.15) is 0 Å². The number of aromatic nitrogens is 8. The maximum absolute atomic E-state index is 6.40. The molecular weight excluding hydrogens is 994 g/mol. The van der Waals surface area contributed by atoms with Crippen molar-refractivity contribution in [1.29, 1.82) is 0 Å². The molecule has 7 aromatic rings. The third kappa shape index (κ3) is 12.6. The van der Waals surface area contributed by atoms with Gasteiger partial charge in [-0.15, -0.1) is 0 Å². The molecule has 0 saturated carbocycles. The molecule has 0 unspecified atom stereocenters. The molecule has 0 aliphatic carbocycles. The molecule has 0 fully saturated rings. The normalized spacial score (nSPS) is 11.7. The van der Waals surface area contributed by atoms with Crippen LogP contribution in [0.4, 0.5) is 0 Å². The van der Waals surface area contributed by atoms with Crippen LogP contribution in [0.15, 0.2) is 72.8 Å². The summed E-state index contributed by atoms with van der Waals surface area (Å²) in [4.78, 5) is 41.3. The Labute approximate surface area is 434 Å². The summed E-state index contributed by atoms with van der Waals surface area (Å²) >= 11 is 0. The predicted molar refractivity (Wildman–Crippen MR) is 267 cm³/mol. The van der Waals surface area contributed by atoms with Gasteiger partial charge in [0.05, 0.1) is 114 Å². The number of ether oxygens (including phenoxy) is 12. The zero-order chi connectivity index (χ0) is 49.5. The summed E-state index contributed by atoms with van der Waals surface area (Å²) < 4.78 is 69.1. The summed E-state index contributed by atoms with van der Waals surface area (Å²) in [7, 11) is 6.52. The second-order valence-electron chi connectivity index (χ2n) is 16.0. The number of methoxy groups -OCH3 is 4. The Bertz CT molecular complexity index is 2910. The van der Waals surface area contributed by atoms with E-state index in [4.69, 9.17) is 96.7 Å². The summed E-state index contributed by atoms with van der Waals surface area (Å²) in [6.45, 7) is 5.92. The maximum atomic E-state index is 6.40. The van der Waals surface area contributed by atoms with E-state index in [1.807, 2.05) is 72.8 Å². The van der Waals surface area contributed by atoms with Gasteiger partial charge in [0.25, 0.3) is 0 Å². The van der Waals surface area contributed by atoms with Gasteiger partial charge in [0.1, 0.15) is 49.4 Å². The molecular formula is C52H56N8O12Zn. The second-order valence-corrected chi connectivity index (χ2v) is 16.0. The first-order chi connectivity index (χ1) is 35.6. The first-order valence-corrected chi connectivity index (χ1v) is 23.6. The third-order valence-corrected chi connectivity index (χ3v) is 11.3. The van der Waals surface area contributed by atoms with Gasteiger partial charge in [-0.2, -0.15) is 0 Å². The summed E-state index contributed by atoms with van der Waals surface area (Å²) in [5.74, 6) is 3.41. The number of hydrogen-bond acceptors (Lipinski definition) is 18. The van der Waals surface area contributed by atoms with Gasteiger partial charge in [0.2, 0.25) is 0 Å². The van der Waals surface area contributed by atoms with E-state index in [1.165, 1.54) is 0 Å². The van der Waals surface area contributed by atoms with Crippen molar-refractivity contribution in [1.82, 2.24) is 39.9 Å². The number of hydrogen-bond donors (Lipinski definition) is 0. The molecule has 378 valence electrons. The standard InChI is InChI=1S/C52H56N8O12.Zn/c1-61-17-21-65-25-29-69-37-13-5-9-33-41(37)49-53-45(33)58-50-43-35(11-7-15-39(43)71-31-27-67-23-19-63-3)47(55-50)60-52-44-36(12-8-16-40(44)72-32-28-68-24-20-64-4)48(56-52)59-51-42-34(46(54-51)57-49)10-6-14-38(42)70-30-26-66-22-18-62-2;/h5-16H,17-32H2,1-4H3;/q-2;+2. The van der Waals surface area contributed by atoms with E-state index < -0.39 is 0 Å². The van der Waals surface area contributed by atoms with Crippen LogP contribution >= 0.6 is 0 Å². The summed E-state index contributed by atoms with van der Waals surface area (Å²) in [6.07, 6.45) is 0. The van der Waals surface area contributed by atoms with E-state index in [1.54, 1.807) is 28.4 Å². The van der Waals surface area contributed by atoms with Crippen molar-refractivity contribution >= 4 is 44.1 Å². The minimum absolute atomic E-state index is 0. The molecule has 5 heterocycles. The molecule has 3 aromatic heterocycles. The smallest absolute Gasteiger partial charge is 0.491 e. The van der Waals surface area contributed by atoms with Crippen LogP contribution in [-0.4, -0.2) is 164 Å².